The number of carbonyl (C=O) groups is 2. The van der Waals surface area contributed by atoms with Crippen molar-refractivity contribution in [3.05, 3.63) is 87.4 Å². The Morgan fingerprint density at radius 1 is 0.944 bits per heavy atom. The second-order valence-corrected chi connectivity index (χ2v) is 10.1. The molecule has 0 unspecified atom stereocenters. The number of hydrogen-bond acceptors (Lipinski definition) is 7. The van der Waals surface area contributed by atoms with E-state index in [9.17, 15) is 14.7 Å². The predicted octanol–water partition coefficient (Wildman–Crippen LogP) is 6.00. The Kier molecular flexibility index (Phi) is 5.59. The first-order chi connectivity index (χ1) is 17.4. The number of Topliss-reactive ketones (excluding diaryl/α,β-unsaturated/α-hetero) is 1. The maximum atomic E-state index is 13.4. The summed E-state index contributed by atoms with van der Waals surface area (Å²) in [6.07, 6.45) is 0. The molecule has 4 aromatic rings. The van der Waals surface area contributed by atoms with Crippen LogP contribution in [0.5, 0.6) is 11.5 Å². The number of fused-ring (bicyclic) bond motifs is 2. The first-order valence-corrected chi connectivity index (χ1v) is 12.5. The van der Waals surface area contributed by atoms with Crippen molar-refractivity contribution < 1.29 is 24.2 Å². The predicted molar refractivity (Wildman–Crippen MR) is 138 cm³/mol. The van der Waals surface area contributed by atoms with Crippen LogP contribution in [0.25, 0.3) is 16.0 Å². The Bertz CT molecular complexity index is 1580. The summed E-state index contributed by atoms with van der Waals surface area (Å²) in [5.41, 5.74) is 1.50. The van der Waals surface area contributed by atoms with E-state index in [2.05, 4.69) is 4.98 Å². The van der Waals surface area contributed by atoms with Crippen molar-refractivity contribution in [3.63, 3.8) is 0 Å². The zero-order valence-electron chi connectivity index (χ0n) is 18.4. The lowest BCUT2D eigenvalue weighted by atomic mass is 9.95. The maximum Gasteiger partial charge on any atom is 0.301 e. The Morgan fingerprint density at radius 3 is 2.44 bits per heavy atom. The Balaban J connectivity index is 1.54. The number of thiazole rings is 1. The van der Waals surface area contributed by atoms with E-state index in [1.807, 2.05) is 0 Å². The van der Waals surface area contributed by atoms with Gasteiger partial charge < -0.3 is 14.6 Å². The van der Waals surface area contributed by atoms with Crippen LogP contribution in [0.2, 0.25) is 10.0 Å². The van der Waals surface area contributed by atoms with E-state index >= 15 is 0 Å². The number of benzene rings is 3. The number of ketones is 1. The van der Waals surface area contributed by atoms with E-state index in [1.54, 1.807) is 60.7 Å². The summed E-state index contributed by atoms with van der Waals surface area (Å²) in [4.78, 5) is 32.7. The van der Waals surface area contributed by atoms with Gasteiger partial charge in [0, 0.05) is 15.6 Å². The molecule has 0 saturated carbocycles. The third-order valence-corrected chi connectivity index (χ3v) is 7.50. The minimum absolute atomic E-state index is 0.0590. The van der Waals surface area contributed by atoms with E-state index in [4.69, 9.17) is 32.7 Å². The second-order valence-electron chi connectivity index (χ2n) is 8.19. The largest absolute Gasteiger partial charge is 0.507 e. The molecule has 0 bridgehead atoms. The van der Waals surface area contributed by atoms with Gasteiger partial charge in [0.25, 0.3) is 5.78 Å². The number of aliphatic hydroxyl groups is 1. The molecule has 1 saturated heterocycles. The van der Waals surface area contributed by atoms with Gasteiger partial charge in [-0.25, -0.2) is 4.98 Å². The smallest absolute Gasteiger partial charge is 0.301 e. The SMILES string of the molecule is O=C1C(=O)N(c2nc3ccc(Cl)cc3s2)[C@H](c2ccc(Cl)cc2)/C1=C(\O)c1ccc2c(c1)OCCO2. The highest BCUT2D eigenvalue weighted by Crippen LogP contribution is 2.45. The van der Waals surface area contributed by atoms with Gasteiger partial charge >= 0.3 is 5.91 Å². The molecule has 0 radical (unpaired) electrons. The van der Waals surface area contributed by atoms with Crippen molar-refractivity contribution in [1.29, 1.82) is 0 Å². The highest BCUT2D eigenvalue weighted by molar-refractivity contribution is 7.22. The number of anilines is 1. The van der Waals surface area contributed by atoms with Crippen LogP contribution in [0.15, 0.2) is 66.2 Å². The third kappa shape index (κ3) is 3.78. The quantitative estimate of drug-likeness (QED) is 0.195. The number of nitrogens with zero attached hydrogens (tertiary/aromatic N) is 2. The Hall–Kier alpha value is -3.59. The molecular formula is C26H16Cl2N2O5S. The first kappa shape index (κ1) is 22.8. The average molecular weight is 539 g/mol. The third-order valence-electron chi connectivity index (χ3n) is 5.99. The summed E-state index contributed by atoms with van der Waals surface area (Å²) in [5, 5.41) is 12.7. The first-order valence-electron chi connectivity index (χ1n) is 10.9. The van der Waals surface area contributed by atoms with Crippen molar-refractivity contribution in [3.8, 4) is 11.5 Å². The fraction of sp³-hybridized carbons (Fsp3) is 0.115. The van der Waals surface area contributed by atoms with Crippen molar-refractivity contribution in [2.45, 2.75) is 6.04 Å². The van der Waals surface area contributed by atoms with Gasteiger partial charge in [-0.3, -0.25) is 14.5 Å². The fourth-order valence-electron chi connectivity index (χ4n) is 4.33. The molecule has 1 amide bonds. The lowest BCUT2D eigenvalue weighted by Gasteiger charge is -2.23. The number of hydrogen-bond donors (Lipinski definition) is 1. The molecule has 36 heavy (non-hydrogen) atoms. The van der Waals surface area contributed by atoms with Crippen molar-refractivity contribution in [1.82, 2.24) is 4.98 Å². The standard InChI is InChI=1S/C26H16Cl2N2O5S/c27-15-4-1-13(2-5-15)22-21(23(31)14-3-8-18-19(11-14)35-10-9-34-18)24(32)25(33)30(22)26-29-17-7-6-16(28)12-20(17)36-26/h1-8,11-12,22,31H,9-10H2/b23-21+/t22-/m1/s1. The van der Waals surface area contributed by atoms with Crippen molar-refractivity contribution in [2.24, 2.45) is 0 Å². The monoisotopic (exact) mass is 538 g/mol. The number of ether oxygens (including phenoxy) is 2. The molecule has 3 aromatic carbocycles. The summed E-state index contributed by atoms with van der Waals surface area (Å²) in [6.45, 7) is 0.793. The molecule has 0 spiro atoms. The van der Waals surface area contributed by atoms with Gasteiger partial charge in [-0.05, 0) is 54.1 Å². The van der Waals surface area contributed by atoms with Crippen LogP contribution in [0, 0.1) is 0 Å². The second kappa shape index (κ2) is 8.81. The average Bonchev–Trinajstić information content (AvgIpc) is 3.41. The summed E-state index contributed by atoms with van der Waals surface area (Å²) < 4.78 is 11.9. The Labute approximate surface area is 219 Å². The molecule has 1 fully saturated rings. The molecule has 10 heteroatoms. The highest BCUT2D eigenvalue weighted by Gasteiger charge is 2.48. The van der Waals surface area contributed by atoms with Crippen LogP contribution < -0.4 is 14.4 Å². The van der Waals surface area contributed by atoms with E-state index < -0.39 is 17.7 Å². The van der Waals surface area contributed by atoms with Gasteiger partial charge in [0.1, 0.15) is 19.0 Å². The summed E-state index contributed by atoms with van der Waals surface area (Å²) >= 11 is 13.5. The van der Waals surface area contributed by atoms with E-state index in [1.165, 1.54) is 16.2 Å². The molecule has 2 aliphatic heterocycles. The molecular weight excluding hydrogens is 523 g/mol. The topological polar surface area (TPSA) is 89.0 Å². The van der Waals surface area contributed by atoms with Gasteiger partial charge in [-0.15, -0.1) is 0 Å². The van der Waals surface area contributed by atoms with Crippen LogP contribution in [-0.2, 0) is 9.59 Å². The summed E-state index contributed by atoms with van der Waals surface area (Å²) in [7, 11) is 0. The van der Waals surface area contributed by atoms with Gasteiger partial charge in [0.05, 0.1) is 21.8 Å². The van der Waals surface area contributed by atoms with Crippen molar-refractivity contribution in [2.75, 3.05) is 18.1 Å². The zero-order valence-corrected chi connectivity index (χ0v) is 20.7. The Morgan fingerprint density at radius 2 is 1.67 bits per heavy atom. The highest BCUT2D eigenvalue weighted by atomic mass is 35.5. The lowest BCUT2D eigenvalue weighted by molar-refractivity contribution is -0.132. The molecule has 7 nitrogen and oxygen atoms in total. The molecule has 1 N–H and O–H groups in total. The van der Waals surface area contributed by atoms with Crippen LogP contribution in [0.4, 0.5) is 5.13 Å². The number of aliphatic hydroxyl groups excluding tert-OH is 1. The number of halogens is 2. The normalized spacial score (nSPS) is 18.7. The number of rotatable bonds is 3. The number of carbonyl (C=O) groups excluding carboxylic acids is 2. The van der Waals surface area contributed by atoms with Gasteiger partial charge in [-0.2, -0.15) is 0 Å². The van der Waals surface area contributed by atoms with Crippen LogP contribution in [0.3, 0.4) is 0 Å². The van der Waals surface area contributed by atoms with Gasteiger partial charge in [0.2, 0.25) is 0 Å². The molecule has 2 aliphatic rings. The maximum absolute atomic E-state index is 13.4. The number of aromatic nitrogens is 1. The number of amides is 1. The summed E-state index contributed by atoms with van der Waals surface area (Å²) in [6, 6.07) is 15.9. The molecule has 6 rings (SSSR count). The summed E-state index contributed by atoms with van der Waals surface area (Å²) in [5.74, 6) is -0.943. The fourth-order valence-corrected chi connectivity index (χ4v) is 5.72. The minimum atomic E-state index is -0.925. The molecule has 1 atom stereocenters. The van der Waals surface area contributed by atoms with Crippen LogP contribution in [-0.4, -0.2) is 35.0 Å². The van der Waals surface area contributed by atoms with Crippen LogP contribution >= 0.6 is 34.5 Å². The molecule has 0 aliphatic carbocycles. The van der Waals surface area contributed by atoms with E-state index in [0.29, 0.717) is 56.5 Å². The molecule has 180 valence electrons. The van der Waals surface area contributed by atoms with E-state index in [0.717, 1.165) is 4.70 Å². The minimum Gasteiger partial charge on any atom is -0.507 e. The van der Waals surface area contributed by atoms with Gasteiger partial charge in [-0.1, -0.05) is 46.7 Å². The van der Waals surface area contributed by atoms with E-state index in [-0.39, 0.29) is 11.3 Å². The molecule has 3 heterocycles. The van der Waals surface area contributed by atoms with Crippen molar-refractivity contribution >= 4 is 67.3 Å². The molecule has 1 aromatic heterocycles. The zero-order chi connectivity index (χ0) is 25.0. The lowest BCUT2D eigenvalue weighted by Crippen LogP contribution is -2.29. The van der Waals surface area contributed by atoms with Crippen LogP contribution in [0.1, 0.15) is 17.2 Å². The van der Waals surface area contributed by atoms with Gasteiger partial charge in [0.15, 0.2) is 16.6 Å².